The van der Waals surface area contributed by atoms with Crippen LogP contribution >= 0.6 is 0 Å². The lowest BCUT2D eigenvalue weighted by molar-refractivity contribution is 0.100. The molecular weight excluding hydrogens is 378 g/mol. The number of amides is 2. The second-order valence-electron chi connectivity index (χ2n) is 6.89. The topological polar surface area (TPSA) is 117 Å². The number of hydrogen-bond donors (Lipinski definition) is 4. The highest BCUT2D eigenvalue weighted by atomic mass is 16.2. The first-order chi connectivity index (χ1) is 14.6. The Kier molecular flexibility index (Phi) is 4.07. The Morgan fingerprint density at radius 2 is 1.73 bits per heavy atom. The molecular formula is C23H17N5O2. The van der Waals surface area contributed by atoms with Crippen LogP contribution in [0.5, 0.6) is 0 Å². The quantitative estimate of drug-likeness (QED) is 0.367. The smallest absolute Gasteiger partial charge is 0.291 e. The van der Waals surface area contributed by atoms with Crippen LogP contribution in [0.25, 0.3) is 32.9 Å². The van der Waals surface area contributed by atoms with Crippen molar-refractivity contribution in [3.63, 3.8) is 0 Å². The predicted molar refractivity (Wildman–Crippen MR) is 116 cm³/mol. The summed E-state index contributed by atoms with van der Waals surface area (Å²) in [5.41, 5.74) is 9.38. The molecule has 0 radical (unpaired) electrons. The average Bonchev–Trinajstić information content (AvgIpc) is 3.41. The normalized spacial score (nSPS) is 11.1. The standard InChI is InChI=1S/C23H17N5O2/c24-21(29)18-19(28-23(30)22-25-10-11-26-22)15(13-6-2-1-3-7-13)12-16-14-8-4-5-9-17(14)27-20(16)18/h1-12,27H,(H2,24,29)(H,25,26)(H,28,30). The lowest BCUT2D eigenvalue weighted by atomic mass is 9.95. The zero-order chi connectivity index (χ0) is 20.7. The molecule has 30 heavy (non-hydrogen) atoms. The van der Waals surface area contributed by atoms with E-state index >= 15 is 0 Å². The fourth-order valence-electron chi connectivity index (χ4n) is 3.77. The Balaban J connectivity index is 1.85. The minimum absolute atomic E-state index is 0.140. The summed E-state index contributed by atoms with van der Waals surface area (Å²) < 4.78 is 0. The van der Waals surface area contributed by atoms with Crippen molar-refractivity contribution in [2.24, 2.45) is 5.73 Å². The van der Waals surface area contributed by atoms with Crippen LogP contribution in [-0.4, -0.2) is 26.8 Å². The highest BCUT2D eigenvalue weighted by Gasteiger charge is 2.23. The molecule has 5 aromatic rings. The number of nitrogens with zero attached hydrogens (tertiary/aromatic N) is 1. The van der Waals surface area contributed by atoms with E-state index < -0.39 is 11.8 Å². The number of nitrogens with two attached hydrogens (primary N) is 1. The van der Waals surface area contributed by atoms with Crippen molar-refractivity contribution in [1.29, 1.82) is 0 Å². The molecule has 0 atom stereocenters. The predicted octanol–water partition coefficient (Wildman–Crippen LogP) is 4.06. The molecule has 0 aliphatic rings. The molecule has 0 saturated carbocycles. The third-order valence-electron chi connectivity index (χ3n) is 5.09. The molecule has 0 aliphatic heterocycles. The fourth-order valence-corrected chi connectivity index (χ4v) is 3.77. The van der Waals surface area contributed by atoms with Crippen LogP contribution in [0, 0.1) is 0 Å². The Labute approximate surface area is 170 Å². The average molecular weight is 395 g/mol. The number of para-hydroxylation sites is 1. The Morgan fingerprint density at radius 1 is 0.967 bits per heavy atom. The molecule has 146 valence electrons. The highest BCUT2D eigenvalue weighted by molar-refractivity contribution is 6.22. The molecule has 2 heterocycles. The minimum atomic E-state index is -0.640. The van der Waals surface area contributed by atoms with Gasteiger partial charge in [0.2, 0.25) is 0 Å². The van der Waals surface area contributed by atoms with E-state index in [-0.39, 0.29) is 11.4 Å². The van der Waals surface area contributed by atoms with Crippen LogP contribution in [0.3, 0.4) is 0 Å². The molecule has 0 spiro atoms. The van der Waals surface area contributed by atoms with Crippen molar-refractivity contribution in [3.8, 4) is 11.1 Å². The number of nitrogens with one attached hydrogen (secondary N) is 3. The summed E-state index contributed by atoms with van der Waals surface area (Å²) in [6, 6.07) is 19.3. The van der Waals surface area contributed by atoms with Gasteiger partial charge >= 0.3 is 0 Å². The Morgan fingerprint density at radius 3 is 2.47 bits per heavy atom. The van der Waals surface area contributed by atoms with Crippen LogP contribution in [0.15, 0.2) is 73.1 Å². The van der Waals surface area contributed by atoms with E-state index in [1.54, 1.807) is 6.20 Å². The third-order valence-corrected chi connectivity index (χ3v) is 5.09. The van der Waals surface area contributed by atoms with Crippen molar-refractivity contribution in [3.05, 3.63) is 84.4 Å². The lowest BCUT2D eigenvalue weighted by Crippen LogP contribution is -2.20. The van der Waals surface area contributed by atoms with E-state index in [0.29, 0.717) is 16.8 Å². The molecule has 2 aromatic heterocycles. The van der Waals surface area contributed by atoms with E-state index in [2.05, 4.69) is 20.3 Å². The lowest BCUT2D eigenvalue weighted by Gasteiger charge is -2.16. The summed E-state index contributed by atoms with van der Waals surface area (Å²) in [6.07, 6.45) is 3.05. The number of imidazole rings is 1. The molecule has 0 aliphatic carbocycles. The molecule has 7 nitrogen and oxygen atoms in total. The van der Waals surface area contributed by atoms with Gasteiger partial charge in [0.25, 0.3) is 11.8 Å². The highest BCUT2D eigenvalue weighted by Crippen LogP contribution is 2.39. The van der Waals surface area contributed by atoms with Gasteiger partial charge in [0.05, 0.1) is 16.8 Å². The van der Waals surface area contributed by atoms with Crippen LogP contribution in [0.2, 0.25) is 0 Å². The summed E-state index contributed by atoms with van der Waals surface area (Å²) in [7, 11) is 0. The van der Waals surface area contributed by atoms with E-state index in [1.807, 2.05) is 60.7 Å². The number of rotatable bonds is 4. The maximum absolute atomic E-state index is 12.8. The number of aromatic amines is 2. The number of anilines is 1. The van der Waals surface area contributed by atoms with Gasteiger partial charge in [-0.25, -0.2) is 4.98 Å². The van der Waals surface area contributed by atoms with Crippen LogP contribution in [-0.2, 0) is 0 Å². The van der Waals surface area contributed by atoms with Gasteiger partial charge < -0.3 is 21.0 Å². The maximum atomic E-state index is 12.8. The van der Waals surface area contributed by atoms with Crippen molar-refractivity contribution in [1.82, 2.24) is 15.0 Å². The molecule has 3 aromatic carbocycles. The summed E-state index contributed by atoms with van der Waals surface area (Å²) in [5, 5.41) is 4.67. The second kappa shape index (κ2) is 6.89. The van der Waals surface area contributed by atoms with Crippen molar-refractivity contribution in [2.75, 3.05) is 5.32 Å². The van der Waals surface area contributed by atoms with Gasteiger partial charge in [-0.15, -0.1) is 0 Å². The number of carbonyl (C=O) groups excluding carboxylic acids is 2. The number of aromatic nitrogens is 3. The minimum Gasteiger partial charge on any atom is -0.365 e. The van der Waals surface area contributed by atoms with Crippen molar-refractivity contribution >= 4 is 39.3 Å². The van der Waals surface area contributed by atoms with Gasteiger partial charge in [0.15, 0.2) is 5.82 Å². The van der Waals surface area contributed by atoms with E-state index in [4.69, 9.17) is 5.73 Å². The SMILES string of the molecule is NC(=O)c1c(NC(=O)c2ncc[nH]2)c(-c2ccccc2)cc2c1[nH]c1ccccc12. The number of primary amides is 1. The van der Waals surface area contributed by atoms with E-state index in [0.717, 1.165) is 21.9 Å². The van der Waals surface area contributed by atoms with E-state index in [1.165, 1.54) is 6.20 Å². The summed E-state index contributed by atoms with van der Waals surface area (Å²) in [5.74, 6) is -0.963. The molecule has 2 amide bonds. The van der Waals surface area contributed by atoms with Gasteiger partial charge in [-0.1, -0.05) is 48.5 Å². The van der Waals surface area contributed by atoms with E-state index in [9.17, 15) is 9.59 Å². The molecule has 7 heteroatoms. The largest absolute Gasteiger partial charge is 0.365 e. The van der Waals surface area contributed by atoms with Crippen LogP contribution in [0.1, 0.15) is 21.0 Å². The van der Waals surface area contributed by atoms with Crippen molar-refractivity contribution < 1.29 is 9.59 Å². The first-order valence-electron chi connectivity index (χ1n) is 9.37. The zero-order valence-corrected chi connectivity index (χ0v) is 15.8. The molecule has 5 N–H and O–H groups in total. The maximum Gasteiger partial charge on any atom is 0.291 e. The van der Waals surface area contributed by atoms with Gasteiger partial charge in [0.1, 0.15) is 0 Å². The van der Waals surface area contributed by atoms with Gasteiger partial charge in [-0.2, -0.15) is 0 Å². The summed E-state index contributed by atoms with van der Waals surface area (Å²) >= 11 is 0. The first-order valence-corrected chi connectivity index (χ1v) is 9.37. The number of fused-ring (bicyclic) bond motifs is 3. The van der Waals surface area contributed by atoms with Gasteiger partial charge in [-0.3, -0.25) is 9.59 Å². The summed E-state index contributed by atoms with van der Waals surface area (Å²) in [4.78, 5) is 35.4. The number of hydrogen-bond acceptors (Lipinski definition) is 3. The zero-order valence-electron chi connectivity index (χ0n) is 15.8. The number of H-pyrrole nitrogens is 2. The molecule has 0 bridgehead atoms. The first kappa shape index (κ1) is 17.7. The molecule has 5 rings (SSSR count). The summed E-state index contributed by atoms with van der Waals surface area (Å²) in [6.45, 7) is 0. The van der Waals surface area contributed by atoms with Crippen LogP contribution in [0.4, 0.5) is 5.69 Å². The Bertz CT molecular complexity index is 1400. The fraction of sp³-hybridized carbons (Fsp3) is 0. The number of benzene rings is 3. The molecule has 0 saturated heterocycles. The Hall–Kier alpha value is -4.39. The van der Waals surface area contributed by atoms with Gasteiger partial charge in [0, 0.05) is 34.2 Å². The van der Waals surface area contributed by atoms with Crippen molar-refractivity contribution in [2.45, 2.75) is 0 Å². The number of carbonyl (C=O) groups is 2. The van der Waals surface area contributed by atoms with Gasteiger partial charge in [-0.05, 0) is 17.7 Å². The molecule has 0 unspecified atom stereocenters. The monoisotopic (exact) mass is 395 g/mol. The van der Waals surface area contributed by atoms with Crippen LogP contribution < -0.4 is 11.1 Å². The second-order valence-corrected chi connectivity index (χ2v) is 6.89. The third kappa shape index (κ3) is 2.80. The molecule has 0 fully saturated rings.